The molecule has 8 nitrogen and oxygen atoms in total. The largest absolute Gasteiger partial charge is 0.480 e. The summed E-state index contributed by atoms with van der Waals surface area (Å²) in [5, 5.41) is 16.2. The zero-order valence-corrected chi connectivity index (χ0v) is 14.7. The van der Waals surface area contributed by atoms with Crippen LogP contribution in [0.25, 0.3) is 22.9 Å². The van der Waals surface area contributed by atoms with Gasteiger partial charge in [-0.3, -0.25) is 24.8 Å². The Hall–Kier alpha value is -3.78. The minimum absolute atomic E-state index is 0.103. The zero-order valence-electron chi connectivity index (χ0n) is 14.7. The Balaban J connectivity index is 1.87. The molecule has 28 heavy (non-hydrogen) atoms. The molecule has 0 aliphatic carbocycles. The highest BCUT2D eigenvalue weighted by Crippen LogP contribution is 2.25. The molecule has 1 aliphatic rings. The number of nitrogens with zero attached hydrogens (tertiary/aromatic N) is 2. The molecule has 1 atom stereocenters. The topological polar surface area (TPSA) is 137 Å². The third-order valence-corrected chi connectivity index (χ3v) is 4.57. The van der Waals surface area contributed by atoms with Gasteiger partial charge in [0.1, 0.15) is 6.04 Å². The van der Waals surface area contributed by atoms with Gasteiger partial charge in [0.15, 0.2) is 0 Å². The minimum Gasteiger partial charge on any atom is -0.480 e. The first-order chi connectivity index (χ1) is 13.5. The highest BCUT2D eigenvalue weighted by atomic mass is 16.4. The lowest BCUT2D eigenvalue weighted by atomic mass is 10.0. The molecule has 1 aromatic carbocycles. The summed E-state index contributed by atoms with van der Waals surface area (Å²) in [6.45, 7) is 0. The van der Waals surface area contributed by atoms with E-state index in [1.807, 2.05) is 30.3 Å². The molecule has 2 aromatic heterocycles. The first-order valence-electron chi connectivity index (χ1n) is 8.63. The van der Waals surface area contributed by atoms with Gasteiger partial charge in [-0.15, -0.1) is 0 Å². The number of para-hydroxylation sites is 1. The summed E-state index contributed by atoms with van der Waals surface area (Å²) >= 11 is 0. The SMILES string of the molecule is NC(CC1=c2ccccc2=N/C1=C/c1c(-c2cccnc2)[nH][nH]c1=O)C(=O)O. The summed E-state index contributed by atoms with van der Waals surface area (Å²) in [7, 11) is 0. The zero-order chi connectivity index (χ0) is 19.7. The Bertz CT molecular complexity index is 1250. The van der Waals surface area contributed by atoms with Crippen molar-refractivity contribution in [3.05, 3.63) is 81.0 Å². The molecule has 0 amide bonds. The molecule has 3 aromatic rings. The number of hydrogen-bond donors (Lipinski definition) is 4. The number of nitrogens with one attached hydrogen (secondary N) is 2. The summed E-state index contributed by atoms with van der Waals surface area (Å²) in [5.41, 5.74) is 8.40. The maximum absolute atomic E-state index is 12.4. The van der Waals surface area contributed by atoms with Crippen LogP contribution in [0.4, 0.5) is 0 Å². The quantitative estimate of drug-likeness (QED) is 0.511. The van der Waals surface area contributed by atoms with Gasteiger partial charge in [-0.2, -0.15) is 0 Å². The predicted molar refractivity (Wildman–Crippen MR) is 103 cm³/mol. The number of nitrogens with two attached hydrogens (primary N) is 1. The van der Waals surface area contributed by atoms with Gasteiger partial charge in [0.05, 0.1) is 22.3 Å². The molecular formula is C20H17N5O3. The van der Waals surface area contributed by atoms with E-state index in [-0.39, 0.29) is 12.0 Å². The second kappa shape index (κ2) is 7.09. The van der Waals surface area contributed by atoms with Crippen molar-refractivity contribution >= 4 is 17.6 Å². The van der Waals surface area contributed by atoms with Gasteiger partial charge in [-0.05, 0) is 29.8 Å². The third kappa shape index (κ3) is 3.17. The van der Waals surface area contributed by atoms with Crippen LogP contribution in [0.5, 0.6) is 0 Å². The predicted octanol–water partition coefficient (Wildman–Crippen LogP) is 0.392. The molecule has 8 heteroatoms. The normalized spacial score (nSPS) is 15.3. The van der Waals surface area contributed by atoms with E-state index in [0.29, 0.717) is 22.5 Å². The number of benzene rings is 1. The summed E-state index contributed by atoms with van der Waals surface area (Å²) in [5.74, 6) is -1.09. The van der Waals surface area contributed by atoms with E-state index < -0.39 is 12.0 Å². The van der Waals surface area contributed by atoms with Crippen LogP contribution >= 0.6 is 0 Å². The number of H-pyrrole nitrogens is 2. The average Bonchev–Trinajstić information content (AvgIpc) is 3.23. The molecule has 0 radical (unpaired) electrons. The number of aromatic amines is 2. The molecule has 0 spiro atoms. The van der Waals surface area contributed by atoms with Crippen LogP contribution in [0.1, 0.15) is 12.0 Å². The lowest BCUT2D eigenvalue weighted by molar-refractivity contribution is -0.138. The van der Waals surface area contributed by atoms with E-state index >= 15 is 0 Å². The minimum atomic E-state index is -1.09. The second-order valence-electron chi connectivity index (χ2n) is 6.40. The Morgan fingerprint density at radius 1 is 1.21 bits per heavy atom. The lowest BCUT2D eigenvalue weighted by Crippen LogP contribution is -2.32. The van der Waals surface area contributed by atoms with Crippen LogP contribution in [0.2, 0.25) is 0 Å². The molecular weight excluding hydrogens is 358 g/mol. The maximum Gasteiger partial charge on any atom is 0.320 e. The molecule has 4 rings (SSSR count). The molecule has 1 unspecified atom stereocenters. The van der Waals surface area contributed by atoms with Crippen LogP contribution in [0.15, 0.2) is 64.3 Å². The van der Waals surface area contributed by atoms with Crippen molar-refractivity contribution in [1.82, 2.24) is 15.2 Å². The molecule has 5 N–H and O–H groups in total. The van der Waals surface area contributed by atoms with Gasteiger partial charge < -0.3 is 10.8 Å². The summed E-state index contributed by atoms with van der Waals surface area (Å²) in [6, 6.07) is 9.95. The monoisotopic (exact) mass is 375 g/mol. The van der Waals surface area contributed by atoms with Gasteiger partial charge in [0.25, 0.3) is 5.56 Å². The fraction of sp³-hybridized carbons (Fsp3) is 0.100. The van der Waals surface area contributed by atoms with Crippen molar-refractivity contribution in [2.75, 3.05) is 0 Å². The van der Waals surface area contributed by atoms with E-state index in [0.717, 1.165) is 16.1 Å². The number of carboxylic acids is 1. The Kier molecular flexibility index (Phi) is 4.46. The van der Waals surface area contributed by atoms with Crippen molar-refractivity contribution in [2.24, 2.45) is 10.7 Å². The summed E-state index contributed by atoms with van der Waals surface area (Å²) in [4.78, 5) is 32.3. The molecule has 0 saturated carbocycles. The molecule has 0 saturated heterocycles. The third-order valence-electron chi connectivity index (χ3n) is 4.57. The van der Waals surface area contributed by atoms with Crippen LogP contribution in [-0.2, 0) is 4.79 Å². The number of fused-ring (bicyclic) bond motifs is 1. The second-order valence-corrected chi connectivity index (χ2v) is 6.40. The van der Waals surface area contributed by atoms with Crippen molar-refractivity contribution < 1.29 is 9.90 Å². The van der Waals surface area contributed by atoms with Gasteiger partial charge in [0.2, 0.25) is 0 Å². The van der Waals surface area contributed by atoms with E-state index in [2.05, 4.69) is 20.2 Å². The average molecular weight is 375 g/mol. The number of aromatic nitrogens is 3. The van der Waals surface area contributed by atoms with Crippen molar-refractivity contribution in [1.29, 1.82) is 0 Å². The van der Waals surface area contributed by atoms with E-state index in [1.54, 1.807) is 24.5 Å². The molecule has 0 fully saturated rings. The molecule has 3 heterocycles. The van der Waals surface area contributed by atoms with Crippen LogP contribution in [0.3, 0.4) is 0 Å². The molecule has 0 bridgehead atoms. The van der Waals surface area contributed by atoms with Gasteiger partial charge in [-0.25, -0.2) is 4.99 Å². The first-order valence-corrected chi connectivity index (χ1v) is 8.63. The fourth-order valence-electron chi connectivity index (χ4n) is 3.18. The lowest BCUT2D eigenvalue weighted by Gasteiger charge is -2.09. The summed E-state index contributed by atoms with van der Waals surface area (Å²) < 4.78 is 0. The first kappa shape index (κ1) is 17.6. The van der Waals surface area contributed by atoms with E-state index in [1.165, 1.54) is 0 Å². The van der Waals surface area contributed by atoms with Gasteiger partial charge in [0, 0.05) is 29.6 Å². The fourth-order valence-corrected chi connectivity index (χ4v) is 3.18. The highest BCUT2D eigenvalue weighted by Gasteiger charge is 2.21. The van der Waals surface area contributed by atoms with Gasteiger partial charge in [-0.1, -0.05) is 18.2 Å². The number of hydrogen-bond acceptors (Lipinski definition) is 5. The Morgan fingerprint density at radius 3 is 2.79 bits per heavy atom. The number of carbonyl (C=O) groups is 1. The van der Waals surface area contributed by atoms with Crippen molar-refractivity contribution in [2.45, 2.75) is 12.5 Å². The number of allylic oxidation sites excluding steroid dienone is 1. The molecule has 1 aliphatic heterocycles. The summed E-state index contributed by atoms with van der Waals surface area (Å²) in [6.07, 6.45) is 5.05. The smallest absolute Gasteiger partial charge is 0.320 e. The van der Waals surface area contributed by atoms with Crippen LogP contribution < -0.4 is 21.9 Å². The van der Waals surface area contributed by atoms with Crippen LogP contribution in [-0.4, -0.2) is 32.3 Å². The van der Waals surface area contributed by atoms with E-state index in [4.69, 9.17) is 5.73 Å². The van der Waals surface area contributed by atoms with Crippen molar-refractivity contribution in [3.8, 4) is 11.3 Å². The van der Waals surface area contributed by atoms with E-state index in [9.17, 15) is 14.7 Å². The Morgan fingerprint density at radius 2 is 2.04 bits per heavy atom. The standard InChI is InChI=1S/C20H17N5O3/c21-15(20(27)28)8-13-12-5-1-2-6-16(12)23-17(13)9-14-18(24-25-19(14)26)11-4-3-7-22-10-11/h1-7,9-10,15H,8,21H2,(H,27,28)(H2,24,25,26)/b17-9+. The maximum atomic E-state index is 12.4. The number of aliphatic carboxylic acids is 1. The highest BCUT2D eigenvalue weighted by molar-refractivity contribution is 5.83. The Labute approximate surface area is 158 Å². The van der Waals surface area contributed by atoms with Crippen molar-refractivity contribution in [3.63, 3.8) is 0 Å². The molecule has 140 valence electrons. The number of carboxylic acid groups (broad SMARTS) is 1. The number of rotatable bonds is 5. The number of pyridine rings is 1. The van der Waals surface area contributed by atoms with Crippen LogP contribution in [0, 0.1) is 0 Å². The van der Waals surface area contributed by atoms with Gasteiger partial charge >= 0.3 is 5.97 Å².